The molecule has 0 nitrogen and oxygen atoms in total. The van der Waals surface area contributed by atoms with Gasteiger partial charge in [0.15, 0.2) is 0 Å². The average molecular weight is 1260 g/mol. The van der Waals surface area contributed by atoms with Crippen LogP contribution in [-0.4, -0.2) is 30.4 Å². The Morgan fingerprint density at radius 2 is 0.598 bits per heavy atom. The summed E-state index contributed by atoms with van der Waals surface area (Å²) in [5.74, 6) is 4.83. The number of benzene rings is 5. The lowest BCUT2D eigenvalue weighted by molar-refractivity contribution is 0.157. The number of unbranched alkanes of at least 4 members (excludes halogenated alkanes) is 3. The molecule has 0 radical (unpaired) electrons. The second-order valence-electron chi connectivity index (χ2n) is 32.5. The summed E-state index contributed by atoms with van der Waals surface area (Å²) in [5.41, 5.74) is 6.98. The van der Waals surface area contributed by atoms with Gasteiger partial charge < -0.3 is 0 Å². The van der Waals surface area contributed by atoms with Crippen LogP contribution >= 0.6 is 0 Å². The van der Waals surface area contributed by atoms with Gasteiger partial charge in [-0.3, -0.25) is 0 Å². The van der Waals surface area contributed by atoms with Crippen LogP contribution in [0.25, 0.3) is 0 Å². The Balaban J connectivity index is -0.000000458. The first-order valence-electron chi connectivity index (χ1n) is 35.1. The fourth-order valence-corrected chi connectivity index (χ4v) is 15.9. The van der Waals surface area contributed by atoms with E-state index in [0.717, 1.165) is 23.7 Å². The van der Waals surface area contributed by atoms with Crippen LogP contribution in [0, 0.1) is 53.8 Å². The molecule has 1 aliphatic carbocycles. The van der Waals surface area contributed by atoms with E-state index in [-0.39, 0.29) is 0 Å². The van der Waals surface area contributed by atoms with Gasteiger partial charge in [0.1, 0.15) is 0 Å². The standard InChI is InChI=1S/C16H22Si2.C16H18.C8H16.C8H10.C8H18.C6H18Si2.2C6H14.C5H12.C4H10/c1-17(2,15-11-7-5-8-12-15)18(3,4)16-13-9-6-10-14-16;1-13(15-9-5-3-6-10-15)14(2)16-11-7-4-8-12-16;2*1-7-5-3-4-6-8(7)2;2*1-7(2,3)8(4,5)6;1-5-6(2,3)4;1-5(2)6(3)4;1-3-5-4-2;1-3-4-2/h5-14H,1-4H3;3-14H,1-2H3;7-8H,3-6H2,1-2H3;3-6H,1-2H3;2*1-6H3;5H2,1-4H3;5-6H,1-4H3;3-5H2,1-2H3;3-4H2,1-2H3. The zero-order valence-corrected chi connectivity index (χ0v) is 68.9. The molecule has 4 unspecified atom stereocenters. The minimum atomic E-state index is -1.41. The molecule has 0 heterocycles. The van der Waals surface area contributed by atoms with Crippen LogP contribution in [0.15, 0.2) is 146 Å². The quantitative estimate of drug-likeness (QED) is 0.116. The minimum Gasteiger partial charge on any atom is -0.0715 e. The molecular formula is C83H152Si4. The van der Waals surface area contributed by atoms with Crippen LogP contribution in [0.2, 0.25) is 65.5 Å². The minimum absolute atomic E-state index is 0.437. The van der Waals surface area contributed by atoms with E-state index in [2.05, 4.69) is 377 Å². The van der Waals surface area contributed by atoms with Crippen molar-refractivity contribution >= 4 is 40.7 Å². The Bertz CT molecular complexity index is 2110. The summed E-state index contributed by atoms with van der Waals surface area (Å²) < 4.78 is 0. The van der Waals surface area contributed by atoms with Crippen molar-refractivity contribution in [2.24, 2.45) is 39.9 Å². The van der Waals surface area contributed by atoms with Crippen molar-refractivity contribution in [3.8, 4) is 0 Å². The highest BCUT2D eigenvalue weighted by molar-refractivity contribution is 7.50. The van der Waals surface area contributed by atoms with Crippen molar-refractivity contribution in [2.45, 2.75) is 308 Å². The third kappa shape index (κ3) is 43.4. The van der Waals surface area contributed by atoms with Gasteiger partial charge in [-0.15, -0.1) is 0 Å². The van der Waals surface area contributed by atoms with Crippen LogP contribution in [0.4, 0.5) is 0 Å². The lowest BCUT2D eigenvalue weighted by Crippen LogP contribution is -2.69. The van der Waals surface area contributed by atoms with Crippen LogP contribution < -0.4 is 10.4 Å². The van der Waals surface area contributed by atoms with E-state index in [0.29, 0.717) is 28.1 Å². The van der Waals surface area contributed by atoms with Gasteiger partial charge >= 0.3 is 0 Å². The number of hydrogen-bond acceptors (Lipinski definition) is 0. The molecule has 0 aliphatic heterocycles. The summed E-state index contributed by atoms with van der Waals surface area (Å²) in [6.45, 7) is 78.9. The van der Waals surface area contributed by atoms with E-state index >= 15 is 0 Å². The predicted octanol–water partition coefficient (Wildman–Crippen LogP) is 27.6. The number of hydrogen-bond donors (Lipinski definition) is 0. The maximum atomic E-state index is 2.53. The zero-order valence-electron chi connectivity index (χ0n) is 64.9. The molecule has 0 bridgehead atoms. The summed E-state index contributed by atoms with van der Waals surface area (Å²) in [5, 5.41) is 3.18. The van der Waals surface area contributed by atoms with Crippen LogP contribution in [0.1, 0.15) is 251 Å². The summed E-state index contributed by atoms with van der Waals surface area (Å²) in [4.78, 5) is 0. The van der Waals surface area contributed by atoms with E-state index < -0.39 is 30.4 Å². The molecule has 0 N–H and O–H groups in total. The Morgan fingerprint density at radius 1 is 0.368 bits per heavy atom. The number of aryl methyl sites for hydroxylation is 2. The van der Waals surface area contributed by atoms with Gasteiger partial charge in [0.25, 0.3) is 0 Å². The van der Waals surface area contributed by atoms with Gasteiger partial charge in [-0.2, -0.15) is 0 Å². The molecule has 4 heteroatoms. The van der Waals surface area contributed by atoms with Crippen LogP contribution in [0.5, 0.6) is 0 Å². The van der Waals surface area contributed by atoms with Crippen molar-refractivity contribution in [3.63, 3.8) is 0 Å². The molecule has 1 saturated carbocycles. The molecule has 5 aromatic rings. The molecule has 87 heavy (non-hydrogen) atoms. The smallest absolute Gasteiger partial charge is 0.0715 e. The van der Waals surface area contributed by atoms with Gasteiger partial charge in [0.2, 0.25) is 0 Å². The zero-order chi connectivity index (χ0) is 68.5. The van der Waals surface area contributed by atoms with Gasteiger partial charge in [-0.05, 0) is 87.9 Å². The molecule has 0 spiro atoms. The van der Waals surface area contributed by atoms with Crippen LogP contribution in [0.3, 0.4) is 0 Å². The fourth-order valence-electron chi connectivity index (χ4n) is 7.04. The van der Waals surface area contributed by atoms with Crippen molar-refractivity contribution in [3.05, 3.63) is 168 Å². The highest BCUT2D eigenvalue weighted by Crippen LogP contribution is 2.37. The normalized spacial score (nSPS) is 14.8. The molecule has 5 aromatic carbocycles. The van der Waals surface area contributed by atoms with Crippen molar-refractivity contribution in [1.29, 1.82) is 0 Å². The maximum Gasteiger partial charge on any atom is 0.0791 e. The third-order valence-corrected chi connectivity index (χ3v) is 55.8. The molecule has 4 atom stereocenters. The molecule has 0 saturated heterocycles. The number of rotatable bonds is 11. The Labute approximate surface area is 552 Å². The summed E-state index contributed by atoms with van der Waals surface area (Å²) in [6, 6.07) is 52.1. The Morgan fingerprint density at radius 3 is 0.747 bits per heavy atom. The Kier molecular flexibility index (Phi) is 48.8. The summed E-state index contributed by atoms with van der Waals surface area (Å²) >= 11 is 0. The molecule has 0 amide bonds. The molecule has 1 fully saturated rings. The first kappa shape index (κ1) is 90.4. The fraction of sp³-hybridized carbons (Fsp3) is 0.639. The predicted molar refractivity (Wildman–Crippen MR) is 420 cm³/mol. The largest absolute Gasteiger partial charge is 0.0791 e. The molecule has 0 aromatic heterocycles. The highest BCUT2D eigenvalue weighted by atomic mass is 29.3. The van der Waals surface area contributed by atoms with Gasteiger partial charge in [0, 0.05) is 15.2 Å². The monoisotopic (exact) mass is 1260 g/mol. The van der Waals surface area contributed by atoms with Crippen LogP contribution in [-0.2, 0) is 0 Å². The van der Waals surface area contributed by atoms with Crippen molar-refractivity contribution in [1.82, 2.24) is 0 Å². The second kappa shape index (κ2) is 46.9. The molecule has 6 rings (SSSR count). The van der Waals surface area contributed by atoms with E-state index in [1.165, 1.54) is 86.5 Å². The van der Waals surface area contributed by atoms with Gasteiger partial charge in [0.05, 0.1) is 15.2 Å². The van der Waals surface area contributed by atoms with Crippen molar-refractivity contribution in [2.75, 3.05) is 0 Å². The van der Waals surface area contributed by atoms with E-state index in [4.69, 9.17) is 0 Å². The lowest BCUT2D eigenvalue weighted by Gasteiger charge is -2.39. The van der Waals surface area contributed by atoms with Crippen molar-refractivity contribution < 1.29 is 0 Å². The SMILES string of the molecule is CC(C)(C)C(C)(C)C.CC(C)C(C)C.CC(c1ccccc1)C(C)c1ccccc1.CC1CCCCC1C.CCC(C)(C)C.CCCC.CCCCC.C[Si](C)(C)[Si](C)(C)C.C[Si](C)(c1ccccc1)[Si](C)(C)c1ccccc1.Cc1ccccc1C. The van der Waals surface area contributed by atoms with E-state index in [9.17, 15) is 0 Å². The lowest BCUT2D eigenvalue weighted by atomic mass is 9.71. The molecular weight excluding hydrogens is 1110 g/mol. The average Bonchev–Trinajstić information content (AvgIpc) is 1.69. The molecule has 1 aliphatic rings. The third-order valence-electron chi connectivity index (χ3n) is 20.0. The summed E-state index contributed by atoms with van der Waals surface area (Å²) in [6.07, 6.45) is 13.9. The van der Waals surface area contributed by atoms with E-state index in [1.54, 1.807) is 10.4 Å². The first-order valence-corrected chi connectivity index (χ1v) is 50.1. The topological polar surface area (TPSA) is 0 Å². The van der Waals surface area contributed by atoms with Gasteiger partial charge in [-0.25, -0.2) is 0 Å². The Hall–Kier alpha value is -3.03. The highest BCUT2D eigenvalue weighted by Gasteiger charge is 2.43. The first-order chi connectivity index (χ1) is 39.9. The summed E-state index contributed by atoms with van der Waals surface area (Å²) in [7, 11) is -4.26. The van der Waals surface area contributed by atoms with Gasteiger partial charge in [-0.1, -0.05) is 438 Å². The van der Waals surface area contributed by atoms with E-state index in [1.807, 2.05) is 0 Å². The molecule has 500 valence electrons. The second-order valence-corrected chi connectivity index (χ2v) is 65.6. The maximum absolute atomic E-state index is 2.53.